The van der Waals surface area contributed by atoms with Gasteiger partial charge in [-0.2, -0.15) is 0 Å². The van der Waals surface area contributed by atoms with Crippen LogP contribution in [0.15, 0.2) is 66.7 Å². The molecule has 174 valence electrons. The van der Waals surface area contributed by atoms with Crippen LogP contribution in [-0.4, -0.2) is 42.6 Å². The number of amides is 1. The van der Waals surface area contributed by atoms with Crippen molar-refractivity contribution >= 4 is 34.5 Å². The maximum absolute atomic E-state index is 13.1. The van der Waals surface area contributed by atoms with Crippen molar-refractivity contribution in [1.29, 1.82) is 0 Å². The van der Waals surface area contributed by atoms with Crippen LogP contribution < -0.4 is 10.6 Å². The molecule has 0 bridgehead atoms. The summed E-state index contributed by atoms with van der Waals surface area (Å²) in [6.45, 7) is 2.63. The summed E-state index contributed by atoms with van der Waals surface area (Å²) in [7, 11) is 3.88. The molecule has 0 aliphatic carbocycles. The Kier molecular flexibility index (Phi) is 6.65. The minimum Gasteiger partial charge on any atom is -0.508 e. The Bertz CT molecular complexity index is 1270. The summed E-state index contributed by atoms with van der Waals surface area (Å²) in [5.41, 5.74) is 4.91. The van der Waals surface area contributed by atoms with Crippen LogP contribution in [0.4, 0.5) is 11.4 Å². The quantitative estimate of drug-likeness (QED) is 0.356. The lowest BCUT2D eigenvalue weighted by Crippen LogP contribution is -2.11. The van der Waals surface area contributed by atoms with E-state index in [2.05, 4.69) is 10.6 Å². The van der Waals surface area contributed by atoms with Gasteiger partial charge in [-0.05, 0) is 44.8 Å². The molecule has 1 heterocycles. The van der Waals surface area contributed by atoms with Gasteiger partial charge in [-0.3, -0.25) is 4.79 Å². The molecule has 0 saturated carbocycles. The zero-order valence-corrected chi connectivity index (χ0v) is 19.4. The molecule has 0 saturated heterocycles. The number of phenolic OH excluding ortho intramolecular Hbond substituents is 1. The van der Waals surface area contributed by atoms with Crippen LogP contribution in [0.3, 0.4) is 0 Å². The first-order valence-corrected chi connectivity index (χ1v) is 11.0. The van der Waals surface area contributed by atoms with Crippen LogP contribution in [0.25, 0.3) is 11.3 Å². The number of aromatic hydroxyl groups is 1. The fourth-order valence-electron chi connectivity index (χ4n) is 3.91. The Hall–Kier alpha value is -4.10. The molecule has 7 heteroatoms. The van der Waals surface area contributed by atoms with Crippen LogP contribution in [0, 0.1) is 0 Å². The minimum absolute atomic E-state index is 0.173. The standard InChI is InChI=1S/C27H27N3O4/c1-4-34-27(33)18-11-13-21-22(14-18)29-26(32)24(21)25(17-8-6-5-7-9-17)28-20-12-10-19(16-30(2)3)23(31)15-20/h5-15,28,31H,4,16H2,1-3H3,(H,29,32). The second-order valence-electron chi connectivity index (χ2n) is 8.26. The second kappa shape index (κ2) is 9.80. The highest BCUT2D eigenvalue weighted by Gasteiger charge is 2.29. The molecule has 0 aromatic heterocycles. The van der Waals surface area contributed by atoms with Gasteiger partial charge in [-0.15, -0.1) is 0 Å². The fourth-order valence-corrected chi connectivity index (χ4v) is 3.91. The maximum Gasteiger partial charge on any atom is 0.338 e. The maximum atomic E-state index is 13.1. The van der Waals surface area contributed by atoms with Crippen molar-refractivity contribution in [1.82, 2.24) is 4.90 Å². The molecule has 3 aromatic carbocycles. The lowest BCUT2D eigenvalue weighted by molar-refractivity contribution is -0.110. The summed E-state index contributed by atoms with van der Waals surface area (Å²) in [6, 6.07) is 19.9. The van der Waals surface area contributed by atoms with Crippen molar-refractivity contribution in [3.8, 4) is 5.75 Å². The summed E-state index contributed by atoms with van der Waals surface area (Å²) >= 11 is 0. The number of carbonyl (C=O) groups excluding carboxylic acids is 2. The van der Waals surface area contributed by atoms with Gasteiger partial charge in [-0.1, -0.05) is 42.5 Å². The zero-order valence-electron chi connectivity index (χ0n) is 19.4. The first-order valence-electron chi connectivity index (χ1n) is 11.0. The van der Waals surface area contributed by atoms with Gasteiger partial charge < -0.3 is 25.4 Å². The highest BCUT2D eigenvalue weighted by atomic mass is 16.5. The van der Waals surface area contributed by atoms with Crippen molar-refractivity contribution in [2.45, 2.75) is 13.5 Å². The molecule has 0 radical (unpaired) electrons. The molecule has 0 unspecified atom stereocenters. The molecule has 3 aromatic rings. The molecular formula is C27H27N3O4. The molecule has 7 nitrogen and oxygen atoms in total. The predicted octanol–water partition coefficient (Wildman–Crippen LogP) is 4.56. The van der Waals surface area contributed by atoms with Crippen LogP contribution in [0.1, 0.15) is 34.0 Å². The lowest BCUT2D eigenvalue weighted by Gasteiger charge is -2.17. The van der Waals surface area contributed by atoms with E-state index in [-0.39, 0.29) is 18.3 Å². The summed E-state index contributed by atoms with van der Waals surface area (Å²) in [4.78, 5) is 27.2. The first-order chi connectivity index (χ1) is 16.4. The molecule has 34 heavy (non-hydrogen) atoms. The summed E-state index contributed by atoms with van der Waals surface area (Å²) in [5, 5.41) is 16.7. The van der Waals surface area contributed by atoms with E-state index in [9.17, 15) is 14.7 Å². The highest BCUT2D eigenvalue weighted by molar-refractivity contribution is 6.37. The van der Waals surface area contributed by atoms with E-state index in [1.165, 1.54) is 0 Å². The van der Waals surface area contributed by atoms with E-state index in [1.54, 1.807) is 31.2 Å². The van der Waals surface area contributed by atoms with Gasteiger partial charge in [0, 0.05) is 29.4 Å². The minimum atomic E-state index is -0.438. The van der Waals surface area contributed by atoms with Crippen molar-refractivity contribution < 1.29 is 19.4 Å². The SMILES string of the molecule is CCOC(=O)c1ccc2c(c1)NC(=O)C2=C(Nc1ccc(CN(C)C)c(O)c1)c1ccccc1. The summed E-state index contributed by atoms with van der Waals surface area (Å²) in [6.07, 6.45) is 0. The second-order valence-corrected chi connectivity index (χ2v) is 8.26. The topological polar surface area (TPSA) is 90.9 Å². The van der Waals surface area contributed by atoms with Gasteiger partial charge >= 0.3 is 5.97 Å². The van der Waals surface area contributed by atoms with Gasteiger partial charge in [0.15, 0.2) is 0 Å². The number of nitrogens with zero attached hydrogens (tertiary/aromatic N) is 1. The molecule has 0 spiro atoms. The Morgan fingerprint density at radius 3 is 2.47 bits per heavy atom. The fraction of sp³-hybridized carbons (Fsp3) is 0.185. The van der Waals surface area contributed by atoms with E-state index in [4.69, 9.17) is 4.74 Å². The zero-order chi connectivity index (χ0) is 24.2. The average molecular weight is 458 g/mol. The highest BCUT2D eigenvalue weighted by Crippen LogP contribution is 2.38. The summed E-state index contributed by atoms with van der Waals surface area (Å²) in [5.74, 6) is -0.547. The van der Waals surface area contributed by atoms with E-state index < -0.39 is 5.97 Å². The Morgan fingerprint density at radius 2 is 1.79 bits per heavy atom. The number of carbonyl (C=O) groups is 2. The van der Waals surface area contributed by atoms with Crippen LogP contribution >= 0.6 is 0 Å². The van der Waals surface area contributed by atoms with Crippen LogP contribution in [0.2, 0.25) is 0 Å². The molecular weight excluding hydrogens is 430 g/mol. The van der Waals surface area contributed by atoms with E-state index in [0.717, 1.165) is 11.1 Å². The number of hydrogen-bond donors (Lipinski definition) is 3. The van der Waals surface area contributed by atoms with Crippen molar-refractivity contribution in [3.63, 3.8) is 0 Å². The van der Waals surface area contributed by atoms with Gasteiger partial charge in [0.25, 0.3) is 5.91 Å². The number of benzene rings is 3. The lowest BCUT2D eigenvalue weighted by atomic mass is 9.99. The van der Waals surface area contributed by atoms with Gasteiger partial charge in [-0.25, -0.2) is 4.79 Å². The van der Waals surface area contributed by atoms with Gasteiger partial charge in [0.2, 0.25) is 0 Å². The third-order valence-electron chi connectivity index (χ3n) is 5.43. The molecule has 4 rings (SSSR count). The molecule has 0 atom stereocenters. The van der Waals surface area contributed by atoms with Gasteiger partial charge in [0.05, 0.1) is 29.1 Å². The summed E-state index contributed by atoms with van der Waals surface area (Å²) < 4.78 is 5.08. The van der Waals surface area contributed by atoms with Crippen LogP contribution in [-0.2, 0) is 16.1 Å². The van der Waals surface area contributed by atoms with Gasteiger partial charge in [0.1, 0.15) is 5.75 Å². The average Bonchev–Trinajstić information content (AvgIpc) is 3.14. The Labute approximate surface area is 198 Å². The number of phenols is 1. The number of fused-ring (bicyclic) bond motifs is 1. The molecule has 1 amide bonds. The molecule has 1 aliphatic heterocycles. The number of rotatable bonds is 7. The van der Waals surface area contributed by atoms with Crippen molar-refractivity contribution in [2.24, 2.45) is 0 Å². The largest absolute Gasteiger partial charge is 0.508 e. The van der Waals surface area contributed by atoms with Crippen molar-refractivity contribution in [3.05, 3.63) is 89.0 Å². The normalized spacial score (nSPS) is 13.9. The third kappa shape index (κ3) is 4.79. The third-order valence-corrected chi connectivity index (χ3v) is 5.43. The number of anilines is 2. The number of hydrogen-bond acceptors (Lipinski definition) is 6. The molecule has 1 aliphatic rings. The monoisotopic (exact) mass is 457 g/mol. The molecule has 3 N–H and O–H groups in total. The smallest absolute Gasteiger partial charge is 0.338 e. The van der Waals surface area contributed by atoms with Crippen molar-refractivity contribution in [2.75, 3.05) is 31.3 Å². The molecule has 0 fully saturated rings. The predicted molar refractivity (Wildman–Crippen MR) is 133 cm³/mol. The number of ether oxygens (including phenoxy) is 1. The van der Waals surface area contributed by atoms with E-state index in [0.29, 0.717) is 40.3 Å². The van der Waals surface area contributed by atoms with E-state index >= 15 is 0 Å². The Morgan fingerprint density at radius 1 is 1.03 bits per heavy atom. The Balaban J connectivity index is 1.79. The van der Waals surface area contributed by atoms with E-state index in [1.807, 2.05) is 61.5 Å². The first kappa shape index (κ1) is 23.1. The van der Waals surface area contributed by atoms with Crippen LogP contribution in [0.5, 0.6) is 5.75 Å². The number of esters is 1. The number of nitrogens with one attached hydrogen (secondary N) is 2.